The summed E-state index contributed by atoms with van der Waals surface area (Å²) in [6.45, 7) is 6.96. The average Bonchev–Trinajstić information content (AvgIpc) is 1.60. The van der Waals surface area contributed by atoms with E-state index in [0.717, 1.165) is 5.25 Å². The summed E-state index contributed by atoms with van der Waals surface area (Å²) >= 11 is 4.19. The smallest absolute Gasteiger partial charge is 0.0557 e. The lowest BCUT2D eigenvalue weighted by Gasteiger charge is -2.32. The highest BCUT2D eigenvalue weighted by Gasteiger charge is 2.26. The second kappa shape index (κ2) is 2.75. The van der Waals surface area contributed by atoms with Gasteiger partial charge in [-0.05, 0) is 26.0 Å². The Morgan fingerprint density at radius 2 is 2.11 bits per heavy atom. The van der Waals surface area contributed by atoms with Crippen molar-refractivity contribution < 1.29 is 0 Å². The first-order valence-electron chi connectivity index (χ1n) is 3.42. The summed E-state index contributed by atoms with van der Waals surface area (Å²) in [5.41, 5.74) is 0. The van der Waals surface area contributed by atoms with Crippen molar-refractivity contribution in [3.05, 3.63) is 0 Å². The Kier molecular flexibility index (Phi) is 2.38. The highest BCUT2D eigenvalue weighted by Crippen LogP contribution is 2.44. The van der Waals surface area contributed by atoms with Gasteiger partial charge in [0.25, 0.3) is 0 Å². The summed E-state index contributed by atoms with van der Waals surface area (Å²) < 4.78 is 0.484. The maximum absolute atomic E-state index is 2.33. The van der Waals surface area contributed by atoms with E-state index >= 15 is 0 Å². The third-order valence-corrected chi connectivity index (χ3v) is 4.44. The molecule has 54 valence electrons. The standard InChI is InChI=1S/C7H14S2/c1-6-4-5-8-7(2,3)9-6/h6H,4-5H2,1-3H3. The van der Waals surface area contributed by atoms with Gasteiger partial charge in [0.05, 0.1) is 4.08 Å². The van der Waals surface area contributed by atoms with Crippen LogP contribution in [0.1, 0.15) is 27.2 Å². The molecule has 0 aromatic rings. The van der Waals surface area contributed by atoms with Gasteiger partial charge in [0.15, 0.2) is 0 Å². The molecule has 1 heterocycles. The molecule has 1 atom stereocenters. The molecule has 0 aromatic carbocycles. The van der Waals surface area contributed by atoms with Gasteiger partial charge in [-0.3, -0.25) is 0 Å². The second-order valence-electron chi connectivity index (χ2n) is 2.97. The number of thioether (sulfide) groups is 2. The molecule has 1 saturated heterocycles. The maximum Gasteiger partial charge on any atom is 0.0557 e. The van der Waals surface area contributed by atoms with Gasteiger partial charge in [-0.15, -0.1) is 23.5 Å². The fourth-order valence-corrected chi connectivity index (χ4v) is 4.38. The monoisotopic (exact) mass is 162 g/mol. The van der Waals surface area contributed by atoms with Gasteiger partial charge in [-0.1, -0.05) is 6.92 Å². The van der Waals surface area contributed by atoms with Gasteiger partial charge < -0.3 is 0 Å². The summed E-state index contributed by atoms with van der Waals surface area (Å²) in [5, 5.41) is 0.876. The van der Waals surface area contributed by atoms with Crippen LogP contribution in [0.2, 0.25) is 0 Å². The molecule has 0 amide bonds. The number of rotatable bonds is 0. The van der Waals surface area contributed by atoms with Crippen LogP contribution in [0.3, 0.4) is 0 Å². The van der Waals surface area contributed by atoms with Crippen molar-refractivity contribution in [1.82, 2.24) is 0 Å². The predicted molar refractivity (Wildman–Crippen MR) is 48.2 cm³/mol. The van der Waals surface area contributed by atoms with Crippen molar-refractivity contribution in [3.8, 4) is 0 Å². The molecule has 9 heavy (non-hydrogen) atoms. The van der Waals surface area contributed by atoms with Crippen molar-refractivity contribution in [2.75, 3.05) is 5.75 Å². The van der Waals surface area contributed by atoms with E-state index < -0.39 is 0 Å². The van der Waals surface area contributed by atoms with Crippen LogP contribution in [0.5, 0.6) is 0 Å². The molecule has 0 spiro atoms. The quantitative estimate of drug-likeness (QED) is 0.537. The van der Waals surface area contributed by atoms with Gasteiger partial charge >= 0.3 is 0 Å². The van der Waals surface area contributed by atoms with Gasteiger partial charge in [0.1, 0.15) is 0 Å². The Morgan fingerprint density at radius 1 is 1.44 bits per heavy atom. The lowest BCUT2D eigenvalue weighted by Crippen LogP contribution is -2.20. The molecular formula is C7H14S2. The Bertz CT molecular complexity index is 99.1. The minimum Gasteiger partial charge on any atom is -0.145 e. The second-order valence-corrected chi connectivity index (χ2v) is 7.00. The highest BCUT2D eigenvalue weighted by molar-refractivity contribution is 8.19. The Hall–Kier alpha value is 0.700. The van der Waals surface area contributed by atoms with Crippen LogP contribution in [-0.4, -0.2) is 15.1 Å². The van der Waals surface area contributed by atoms with Crippen molar-refractivity contribution in [3.63, 3.8) is 0 Å². The molecule has 0 N–H and O–H groups in total. The summed E-state index contributed by atoms with van der Waals surface area (Å²) in [6, 6.07) is 0. The van der Waals surface area contributed by atoms with Crippen molar-refractivity contribution in [2.24, 2.45) is 0 Å². The summed E-state index contributed by atoms with van der Waals surface area (Å²) in [5.74, 6) is 1.35. The number of hydrogen-bond donors (Lipinski definition) is 0. The van der Waals surface area contributed by atoms with E-state index in [0.29, 0.717) is 4.08 Å². The number of hydrogen-bond acceptors (Lipinski definition) is 2. The van der Waals surface area contributed by atoms with Crippen molar-refractivity contribution in [2.45, 2.75) is 36.5 Å². The zero-order valence-corrected chi connectivity index (χ0v) is 7.94. The van der Waals surface area contributed by atoms with Gasteiger partial charge in [0, 0.05) is 5.25 Å². The molecule has 0 aromatic heterocycles. The normalized spacial score (nSPS) is 34.3. The van der Waals surface area contributed by atoms with Crippen LogP contribution in [0.25, 0.3) is 0 Å². The van der Waals surface area contributed by atoms with Crippen molar-refractivity contribution in [1.29, 1.82) is 0 Å². The third kappa shape index (κ3) is 2.42. The van der Waals surface area contributed by atoms with Crippen LogP contribution in [0.15, 0.2) is 0 Å². The zero-order valence-electron chi connectivity index (χ0n) is 6.31. The van der Waals surface area contributed by atoms with Crippen LogP contribution < -0.4 is 0 Å². The molecule has 0 bridgehead atoms. The molecular weight excluding hydrogens is 148 g/mol. The molecule has 0 radical (unpaired) electrons. The summed E-state index contributed by atoms with van der Waals surface area (Å²) in [6.07, 6.45) is 1.39. The SMILES string of the molecule is CC1CCSC(C)(C)S1. The van der Waals surface area contributed by atoms with E-state index in [1.54, 1.807) is 0 Å². The van der Waals surface area contributed by atoms with E-state index in [2.05, 4.69) is 44.3 Å². The zero-order chi connectivity index (χ0) is 6.91. The minimum atomic E-state index is 0.484. The first kappa shape index (κ1) is 7.80. The molecule has 1 aliphatic heterocycles. The van der Waals surface area contributed by atoms with E-state index in [-0.39, 0.29) is 0 Å². The molecule has 1 aliphatic rings. The molecule has 1 rings (SSSR count). The average molecular weight is 162 g/mol. The molecule has 0 aliphatic carbocycles. The Labute approximate surface area is 66.2 Å². The third-order valence-electron chi connectivity index (χ3n) is 1.46. The van der Waals surface area contributed by atoms with E-state index in [4.69, 9.17) is 0 Å². The summed E-state index contributed by atoms with van der Waals surface area (Å²) in [4.78, 5) is 0. The first-order chi connectivity index (χ1) is 4.10. The van der Waals surface area contributed by atoms with Crippen LogP contribution in [-0.2, 0) is 0 Å². The molecule has 1 unspecified atom stereocenters. The van der Waals surface area contributed by atoms with E-state index in [1.165, 1.54) is 12.2 Å². The Balaban J connectivity index is 2.41. The van der Waals surface area contributed by atoms with Crippen LogP contribution in [0.4, 0.5) is 0 Å². The van der Waals surface area contributed by atoms with Crippen LogP contribution >= 0.6 is 23.5 Å². The lowest BCUT2D eigenvalue weighted by molar-refractivity contribution is 0.868. The molecule has 2 heteroatoms. The largest absolute Gasteiger partial charge is 0.145 e. The fraction of sp³-hybridized carbons (Fsp3) is 1.00. The van der Waals surface area contributed by atoms with E-state index in [1.807, 2.05) is 0 Å². The van der Waals surface area contributed by atoms with E-state index in [9.17, 15) is 0 Å². The van der Waals surface area contributed by atoms with Crippen LogP contribution in [0, 0.1) is 0 Å². The van der Waals surface area contributed by atoms with Crippen molar-refractivity contribution >= 4 is 23.5 Å². The molecule has 0 saturated carbocycles. The highest BCUT2D eigenvalue weighted by atomic mass is 32.2. The molecule has 0 nitrogen and oxygen atoms in total. The minimum absolute atomic E-state index is 0.484. The Morgan fingerprint density at radius 3 is 2.44 bits per heavy atom. The topological polar surface area (TPSA) is 0 Å². The summed E-state index contributed by atoms with van der Waals surface area (Å²) in [7, 11) is 0. The van der Waals surface area contributed by atoms with Gasteiger partial charge in [0.2, 0.25) is 0 Å². The maximum atomic E-state index is 2.33. The first-order valence-corrected chi connectivity index (χ1v) is 5.28. The van der Waals surface area contributed by atoms with Gasteiger partial charge in [-0.2, -0.15) is 0 Å². The predicted octanol–water partition coefficient (Wildman–Crippen LogP) is 2.98. The molecule has 1 fully saturated rings. The lowest BCUT2D eigenvalue weighted by atomic mass is 10.4. The van der Waals surface area contributed by atoms with Gasteiger partial charge in [-0.25, -0.2) is 0 Å². The fourth-order valence-electron chi connectivity index (χ4n) is 1.05.